The highest BCUT2D eigenvalue weighted by atomic mass is 16.7. The van der Waals surface area contributed by atoms with Gasteiger partial charge < -0.3 is 44.8 Å². The van der Waals surface area contributed by atoms with Crippen molar-refractivity contribution in [3.63, 3.8) is 0 Å². The third-order valence-electron chi connectivity index (χ3n) is 5.30. The van der Waals surface area contributed by atoms with Gasteiger partial charge in [-0.3, -0.25) is 9.59 Å². The van der Waals surface area contributed by atoms with Crippen molar-refractivity contribution >= 4 is 11.8 Å². The molecule has 184 valence electrons. The number of carbonyl (C=O) groups excluding carboxylic acids is 2. The van der Waals surface area contributed by atoms with E-state index in [1.165, 1.54) is 12.1 Å². The van der Waals surface area contributed by atoms with Crippen molar-refractivity contribution in [1.82, 2.24) is 0 Å². The molecule has 0 bridgehead atoms. The normalized spacial score (nSPS) is 24.4. The van der Waals surface area contributed by atoms with Gasteiger partial charge in [-0.25, -0.2) is 0 Å². The van der Waals surface area contributed by atoms with E-state index in [1.807, 2.05) is 0 Å². The molecule has 1 aliphatic heterocycles. The summed E-state index contributed by atoms with van der Waals surface area (Å²) in [5.41, 5.74) is 0.456. The summed E-state index contributed by atoms with van der Waals surface area (Å²) >= 11 is 0. The standard InChI is InChI=1S/C23H26O11/c1-11(24)32-10-18-20(29)21(30)22(31)23(34-18)33-14-8-16(27)19(17(28)9-14)15(26)7-4-12-2-5-13(25)6-3-12/h2-3,5-6,8-9,18,20-23,25,27-31H,4,7,10H2,1H3/t18?,20-,21+,22?,23-/m1/s1. The highest BCUT2D eigenvalue weighted by Gasteiger charge is 2.45. The SMILES string of the molecule is CC(=O)OCC1O[C@@H](Oc2cc(O)c(C(=O)CCc3ccc(O)cc3)c(O)c2)C(O)[C@@H](O)[C@@H]1O. The molecule has 0 spiro atoms. The minimum absolute atomic E-state index is 0.0293. The molecule has 0 saturated carbocycles. The Labute approximate surface area is 194 Å². The number of aryl methyl sites for hydroxylation is 1. The monoisotopic (exact) mass is 478 g/mol. The average Bonchev–Trinajstić information content (AvgIpc) is 2.77. The van der Waals surface area contributed by atoms with Crippen LogP contribution in [-0.2, 0) is 20.7 Å². The van der Waals surface area contributed by atoms with Gasteiger partial charge in [-0.1, -0.05) is 12.1 Å². The van der Waals surface area contributed by atoms with Crippen molar-refractivity contribution in [1.29, 1.82) is 0 Å². The van der Waals surface area contributed by atoms with Crippen LogP contribution in [0.4, 0.5) is 0 Å². The number of hydrogen-bond donors (Lipinski definition) is 6. The molecule has 0 aromatic heterocycles. The first-order valence-electron chi connectivity index (χ1n) is 10.4. The summed E-state index contributed by atoms with van der Waals surface area (Å²) in [6.07, 6.45) is -7.45. The minimum Gasteiger partial charge on any atom is -0.508 e. The summed E-state index contributed by atoms with van der Waals surface area (Å²) < 4.78 is 15.6. The number of benzene rings is 2. The zero-order valence-electron chi connectivity index (χ0n) is 18.2. The summed E-state index contributed by atoms with van der Waals surface area (Å²) in [7, 11) is 0. The van der Waals surface area contributed by atoms with Crippen molar-refractivity contribution in [3.8, 4) is 23.0 Å². The molecule has 11 heteroatoms. The third kappa shape index (κ3) is 5.94. The number of ketones is 1. The number of aliphatic hydroxyl groups excluding tert-OH is 3. The molecular weight excluding hydrogens is 452 g/mol. The maximum atomic E-state index is 12.6. The maximum absolute atomic E-state index is 12.6. The van der Waals surface area contributed by atoms with Gasteiger partial charge in [0.15, 0.2) is 5.78 Å². The van der Waals surface area contributed by atoms with Crippen molar-refractivity contribution in [3.05, 3.63) is 47.5 Å². The van der Waals surface area contributed by atoms with Crippen LogP contribution < -0.4 is 4.74 Å². The van der Waals surface area contributed by atoms with Crippen LogP contribution in [0, 0.1) is 0 Å². The van der Waals surface area contributed by atoms with Crippen molar-refractivity contribution in [2.24, 2.45) is 0 Å². The Morgan fingerprint density at radius 1 is 0.941 bits per heavy atom. The van der Waals surface area contributed by atoms with E-state index in [0.717, 1.165) is 24.6 Å². The summed E-state index contributed by atoms with van der Waals surface area (Å²) in [5, 5.41) is 60.2. The number of rotatable bonds is 8. The third-order valence-corrected chi connectivity index (χ3v) is 5.30. The largest absolute Gasteiger partial charge is 0.508 e. The lowest BCUT2D eigenvalue weighted by Gasteiger charge is -2.39. The van der Waals surface area contributed by atoms with Gasteiger partial charge in [0.1, 0.15) is 59.6 Å². The van der Waals surface area contributed by atoms with Gasteiger partial charge >= 0.3 is 5.97 Å². The number of Topliss-reactive ketones (excluding diaryl/α,β-unsaturated/α-hetero) is 1. The summed E-state index contributed by atoms with van der Waals surface area (Å²) in [6.45, 7) is 0.735. The Bertz CT molecular complexity index is 997. The van der Waals surface area contributed by atoms with Crippen LogP contribution in [0.5, 0.6) is 23.0 Å². The van der Waals surface area contributed by atoms with Crippen LogP contribution in [-0.4, -0.2) is 79.7 Å². The number of ether oxygens (including phenoxy) is 3. The van der Waals surface area contributed by atoms with Crippen molar-refractivity contribution < 1.29 is 54.4 Å². The second-order valence-corrected chi connectivity index (χ2v) is 7.86. The van der Waals surface area contributed by atoms with E-state index < -0.39 is 60.6 Å². The fourth-order valence-electron chi connectivity index (χ4n) is 3.47. The molecule has 0 aliphatic carbocycles. The van der Waals surface area contributed by atoms with Crippen LogP contribution in [0.2, 0.25) is 0 Å². The first-order chi connectivity index (χ1) is 16.1. The number of phenolic OH excluding ortho intramolecular Hbond substituents is 3. The van der Waals surface area contributed by atoms with E-state index in [2.05, 4.69) is 0 Å². The van der Waals surface area contributed by atoms with Gasteiger partial charge in [-0.2, -0.15) is 0 Å². The van der Waals surface area contributed by atoms with Crippen LogP contribution in [0.1, 0.15) is 29.3 Å². The lowest BCUT2D eigenvalue weighted by atomic mass is 9.99. The van der Waals surface area contributed by atoms with Gasteiger partial charge in [0.05, 0.1) is 0 Å². The number of phenols is 3. The number of carbonyl (C=O) groups is 2. The van der Waals surface area contributed by atoms with E-state index in [-0.39, 0.29) is 23.5 Å². The molecule has 2 unspecified atom stereocenters. The van der Waals surface area contributed by atoms with Crippen molar-refractivity contribution in [2.75, 3.05) is 6.61 Å². The van der Waals surface area contributed by atoms with Gasteiger partial charge in [-0.15, -0.1) is 0 Å². The molecule has 11 nitrogen and oxygen atoms in total. The number of esters is 1. The zero-order valence-corrected chi connectivity index (χ0v) is 18.2. The second-order valence-electron chi connectivity index (χ2n) is 7.86. The summed E-state index contributed by atoms with van der Waals surface area (Å²) in [5.74, 6) is -2.43. The van der Waals surface area contributed by atoms with E-state index in [0.29, 0.717) is 6.42 Å². The Morgan fingerprint density at radius 2 is 1.56 bits per heavy atom. The van der Waals surface area contributed by atoms with E-state index in [1.54, 1.807) is 12.1 Å². The van der Waals surface area contributed by atoms with E-state index in [4.69, 9.17) is 14.2 Å². The Hall–Kier alpha value is -3.38. The van der Waals surface area contributed by atoms with Crippen LogP contribution in [0.25, 0.3) is 0 Å². The Balaban J connectivity index is 1.70. The van der Waals surface area contributed by atoms with Gasteiger partial charge in [0, 0.05) is 25.5 Å². The lowest BCUT2D eigenvalue weighted by molar-refractivity contribution is -0.278. The molecule has 1 aliphatic rings. The maximum Gasteiger partial charge on any atom is 0.302 e. The minimum atomic E-state index is -1.71. The molecule has 1 saturated heterocycles. The Morgan fingerprint density at radius 3 is 2.15 bits per heavy atom. The van der Waals surface area contributed by atoms with Gasteiger partial charge in [0.2, 0.25) is 6.29 Å². The average molecular weight is 478 g/mol. The summed E-state index contributed by atoms with van der Waals surface area (Å²) in [4.78, 5) is 23.6. The quantitative estimate of drug-likeness (QED) is 0.228. The first kappa shape index (κ1) is 25.2. The van der Waals surface area contributed by atoms with Crippen LogP contribution in [0.15, 0.2) is 36.4 Å². The molecule has 1 heterocycles. The molecular formula is C23H26O11. The topological polar surface area (TPSA) is 183 Å². The van der Waals surface area contributed by atoms with Crippen molar-refractivity contribution in [2.45, 2.75) is 50.5 Å². The van der Waals surface area contributed by atoms with E-state index in [9.17, 15) is 40.2 Å². The number of hydrogen-bond acceptors (Lipinski definition) is 11. The molecule has 1 fully saturated rings. The summed E-state index contributed by atoms with van der Waals surface area (Å²) in [6, 6.07) is 8.32. The molecule has 34 heavy (non-hydrogen) atoms. The molecule has 2 aromatic carbocycles. The highest BCUT2D eigenvalue weighted by Crippen LogP contribution is 2.35. The molecule has 0 amide bonds. The highest BCUT2D eigenvalue weighted by molar-refractivity contribution is 6.01. The van der Waals surface area contributed by atoms with E-state index >= 15 is 0 Å². The number of aliphatic hydroxyl groups is 3. The van der Waals surface area contributed by atoms with Gasteiger partial charge in [-0.05, 0) is 24.1 Å². The second kappa shape index (κ2) is 10.7. The lowest BCUT2D eigenvalue weighted by Crippen LogP contribution is -2.60. The van der Waals surface area contributed by atoms with Crippen LogP contribution >= 0.6 is 0 Å². The fourth-order valence-corrected chi connectivity index (χ4v) is 3.47. The molecule has 6 N–H and O–H groups in total. The van der Waals surface area contributed by atoms with Gasteiger partial charge in [0.25, 0.3) is 0 Å². The predicted octanol–water partition coefficient (Wildman–Crippen LogP) is 0.368. The molecule has 0 radical (unpaired) electrons. The predicted molar refractivity (Wildman–Crippen MR) is 114 cm³/mol. The molecule has 5 atom stereocenters. The smallest absolute Gasteiger partial charge is 0.302 e. The fraction of sp³-hybridized carbons (Fsp3) is 0.391. The Kier molecular flexibility index (Phi) is 7.94. The molecule has 2 aromatic rings. The first-order valence-corrected chi connectivity index (χ1v) is 10.4. The van der Waals surface area contributed by atoms with Crippen LogP contribution in [0.3, 0.4) is 0 Å². The zero-order chi connectivity index (χ0) is 25.0. The molecule has 3 rings (SSSR count). The number of aromatic hydroxyl groups is 3.